The van der Waals surface area contributed by atoms with Crippen LogP contribution < -0.4 is 5.73 Å². The van der Waals surface area contributed by atoms with Crippen LogP contribution in [0.25, 0.3) is 0 Å². The molecule has 1 saturated heterocycles. The van der Waals surface area contributed by atoms with Gasteiger partial charge in [0.15, 0.2) is 0 Å². The zero-order valence-electron chi connectivity index (χ0n) is 12.7. The van der Waals surface area contributed by atoms with E-state index in [2.05, 4.69) is 18.7 Å². The van der Waals surface area contributed by atoms with Gasteiger partial charge in [-0.25, -0.2) is 4.79 Å². The lowest BCUT2D eigenvalue weighted by Crippen LogP contribution is -2.51. The number of carbonyl (C=O) groups is 1. The maximum Gasteiger partial charge on any atom is 0.341 e. The van der Waals surface area contributed by atoms with E-state index in [-0.39, 0.29) is 17.4 Å². The van der Waals surface area contributed by atoms with Gasteiger partial charge in [-0.1, -0.05) is 13.8 Å². The van der Waals surface area contributed by atoms with Crippen LogP contribution in [-0.4, -0.2) is 37.1 Å². The molecule has 5 nitrogen and oxygen atoms in total. The Morgan fingerprint density at radius 3 is 2.90 bits per heavy atom. The molecule has 5 heteroatoms. The molecule has 1 unspecified atom stereocenters. The molecule has 0 amide bonds. The van der Waals surface area contributed by atoms with Gasteiger partial charge >= 0.3 is 5.97 Å². The maximum atomic E-state index is 11.6. The van der Waals surface area contributed by atoms with Crippen LogP contribution in [0.15, 0.2) is 10.5 Å². The normalized spacial score (nSPS) is 22.8. The third kappa shape index (κ3) is 3.04. The summed E-state index contributed by atoms with van der Waals surface area (Å²) in [6.07, 6.45) is 0.983. The number of piperidine rings is 1. The third-order valence-corrected chi connectivity index (χ3v) is 4.14. The van der Waals surface area contributed by atoms with E-state index < -0.39 is 0 Å². The van der Waals surface area contributed by atoms with Crippen LogP contribution in [0, 0.1) is 12.3 Å². The summed E-state index contributed by atoms with van der Waals surface area (Å²) < 4.78 is 10.4. The molecule has 0 saturated carbocycles. The van der Waals surface area contributed by atoms with E-state index in [4.69, 9.17) is 14.9 Å². The number of methoxy groups -OCH3 is 1. The minimum Gasteiger partial charge on any atom is -0.465 e. The second-order valence-electron chi connectivity index (χ2n) is 6.27. The fraction of sp³-hybridized carbons (Fsp3) is 0.667. The largest absolute Gasteiger partial charge is 0.465 e. The zero-order chi connectivity index (χ0) is 14.9. The Morgan fingerprint density at radius 2 is 2.30 bits per heavy atom. The highest BCUT2D eigenvalue weighted by atomic mass is 16.5. The molecular formula is C15H24N2O3. The van der Waals surface area contributed by atoms with Gasteiger partial charge < -0.3 is 14.9 Å². The Bertz CT molecular complexity index is 493. The molecule has 20 heavy (non-hydrogen) atoms. The van der Waals surface area contributed by atoms with E-state index in [1.54, 1.807) is 13.0 Å². The Kier molecular flexibility index (Phi) is 4.20. The first-order valence-corrected chi connectivity index (χ1v) is 6.99. The molecule has 2 rings (SSSR count). The van der Waals surface area contributed by atoms with Crippen molar-refractivity contribution in [2.45, 2.75) is 39.8 Å². The number of nitrogens with zero attached hydrogens (tertiary/aromatic N) is 1. The molecule has 1 aliphatic heterocycles. The predicted molar refractivity (Wildman–Crippen MR) is 76.4 cm³/mol. The average molecular weight is 280 g/mol. The molecule has 1 aromatic heterocycles. The predicted octanol–water partition coefficient (Wildman–Crippen LogP) is 1.93. The van der Waals surface area contributed by atoms with Gasteiger partial charge in [0.25, 0.3) is 0 Å². The van der Waals surface area contributed by atoms with Crippen molar-refractivity contribution in [2.75, 3.05) is 20.2 Å². The van der Waals surface area contributed by atoms with Gasteiger partial charge in [-0.3, -0.25) is 4.90 Å². The van der Waals surface area contributed by atoms with Gasteiger partial charge in [-0.2, -0.15) is 0 Å². The number of furan rings is 1. The fourth-order valence-corrected chi connectivity index (χ4v) is 2.77. The molecule has 1 fully saturated rings. The second kappa shape index (κ2) is 5.58. The summed E-state index contributed by atoms with van der Waals surface area (Å²) in [4.78, 5) is 13.9. The molecule has 0 aliphatic carbocycles. The Morgan fingerprint density at radius 1 is 1.60 bits per heavy atom. The molecule has 2 N–H and O–H groups in total. The number of esters is 1. The lowest BCUT2D eigenvalue weighted by Gasteiger charge is -2.42. The minimum atomic E-state index is -0.349. The minimum absolute atomic E-state index is 0.102. The molecule has 1 atom stereocenters. The second-order valence-corrected chi connectivity index (χ2v) is 6.27. The number of hydrogen-bond donors (Lipinski definition) is 1. The lowest BCUT2D eigenvalue weighted by atomic mass is 9.80. The SMILES string of the molecule is COC(=O)c1cc(CN2CCC(N)C(C)(C)C2)oc1C. The van der Waals surface area contributed by atoms with Crippen molar-refractivity contribution in [3.63, 3.8) is 0 Å². The number of carbonyl (C=O) groups excluding carboxylic acids is 1. The van der Waals surface area contributed by atoms with Crippen molar-refractivity contribution >= 4 is 5.97 Å². The molecule has 0 spiro atoms. The summed E-state index contributed by atoms with van der Waals surface area (Å²) in [5, 5.41) is 0. The maximum absolute atomic E-state index is 11.6. The topological polar surface area (TPSA) is 68.7 Å². The molecule has 1 aliphatic rings. The third-order valence-electron chi connectivity index (χ3n) is 4.14. The molecular weight excluding hydrogens is 256 g/mol. The van der Waals surface area contributed by atoms with Crippen molar-refractivity contribution < 1.29 is 13.9 Å². The molecule has 0 radical (unpaired) electrons. The number of likely N-dealkylation sites (tertiary alicyclic amines) is 1. The highest BCUT2D eigenvalue weighted by Crippen LogP contribution is 2.29. The number of hydrogen-bond acceptors (Lipinski definition) is 5. The average Bonchev–Trinajstić information content (AvgIpc) is 2.73. The monoisotopic (exact) mass is 280 g/mol. The van der Waals surface area contributed by atoms with Crippen molar-refractivity contribution in [1.29, 1.82) is 0 Å². The number of aryl methyl sites for hydroxylation is 1. The van der Waals surface area contributed by atoms with Gasteiger partial charge in [0, 0.05) is 19.1 Å². The van der Waals surface area contributed by atoms with Crippen LogP contribution in [0.4, 0.5) is 0 Å². The number of rotatable bonds is 3. The van der Waals surface area contributed by atoms with Crippen LogP contribution in [-0.2, 0) is 11.3 Å². The van der Waals surface area contributed by atoms with Crippen LogP contribution >= 0.6 is 0 Å². The molecule has 1 aromatic rings. The summed E-state index contributed by atoms with van der Waals surface area (Å²) in [6.45, 7) is 8.76. The summed E-state index contributed by atoms with van der Waals surface area (Å²) in [7, 11) is 1.38. The molecule has 112 valence electrons. The number of nitrogens with two attached hydrogens (primary N) is 1. The van der Waals surface area contributed by atoms with Crippen LogP contribution in [0.2, 0.25) is 0 Å². The lowest BCUT2D eigenvalue weighted by molar-refractivity contribution is 0.0599. The Hall–Kier alpha value is -1.33. The van der Waals surface area contributed by atoms with Gasteiger partial charge in [0.1, 0.15) is 17.1 Å². The summed E-state index contributed by atoms with van der Waals surface area (Å²) in [5.41, 5.74) is 6.75. The number of ether oxygens (including phenoxy) is 1. The van der Waals surface area contributed by atoms with E-state index in [1.807, 2.05) is 0 Å². The smallest absolute Gasteiger partial charge is 0.341 e. The van der Waals surface area contributed by atoms with E-state index in [9.17, 15) is 4.79 Å². The Labute approximate surface area is 120 Å². The first-order chi connectivity index (χ1) is 9.33. The highest BCUT2D eigenvalue weighted by Gasteiger charge is 2.33. The standard InChI is InChI=1S/C15H24N2O3/c1-10-12(14(18)19-4)7-11(20-10)8-17-6-5-13(16)15(2,3)9-17/h7,13H,5-6,8-9,16H2,1-4H3. The summed E-state index contributed by atoms with van der Waals surface area (Å²) in [6, 6.07) is 2.02. The molecule has 0 aromatic carbocycles. The summed E-state index contributed by atoms with van der Waals surface area (Å²) >= 11 is 0. The van der Waals surface area contributed by atoms with E-state index in [0.717, 1.165) is 25.3 Å². The zero-order valence-corrected chi connectivity index (χ0v) is 12.7. The highest BCUT2D eigenvalue weighted by molar-refractivity contribution is 5.90. The first-order valence-electron chi connectivity index (χ1n) is 6.99. The van der Waals surface area contributed by atoms with Crippen LogP contribution in [0.1, 0.15) is 42.1 Å². The van der Waals surface area contributed by atoms with Crippen molar-refractivity contribution in [3.05, 3.63) is 23.2 Å². The van der Waals surface area contributed by atoms with Gasteiger partial charge in [-0.05, 0) is 24.8 Å². The van der Waals surface area contributed by atoms with E-state index in [0.29, 0.717) is 17.9 Å². The van der Waals surface area contributed by atoms with Gasteiger partial charge in [-0.15, -0.1) is 0 Å². The van der Waals surface area contributed by atoms with Crippen molar-refractivity contribution in [3.8, 4) is 0 Å². The van der Waals surface area contributed by atoms with Crippen molar-refractivity contribution in [1.82, 2.24) is 4.90 Å². The molecule has 2 heterocycles. The van der Waals surface area contributed by atoms with Crippen molar-refractivity contribution in [2.24, 2.45) is 11.1 Å². The molecule has 0 bridgehead atoms. The van der Waals surface area contributed by atoms with E-state index in [1.165, 1.54) is 7.11 Å². The Balaban J connectivity index is 2.06. The van der Waals surface area contributed by atoms with Gasteiger partial charge in [0.05, 0.1) is 13.7 Å². The first kappa shape index (κ1) is 15.1. The van der Waals surface area contributed by atoms with Crippen LogP contribution in [0.5, 0.6) is 0 Å². The van der Waals surface area contributed by atoms with Gasteiger partial charge in [0.2, 0.25) is 0 Å². The van der Waals surface area contributed by atoms with Crippen LogP contribution in [0.3, 0.4) is 0 Å². The summed E-state index contributed by atoms with van der Waals surface area (Å²) in [5.74, 6) is 1.06. The quantitative estimate of drug-likeness (QED) is 0.857. The van der Waals surface area contributed by atoms with E-state index >= 15 is 0 Å². The fourth-order valence-electron chi connectivity index (χ4n) is 2.77.